The number of hydrogen-bond donors (Lipinski definition) is 1. The molecule has 0 radical (unpaired) electrons. The molecule has 2 aliphatic rings. The largest absolute Gasteiger partial charge is 0.332 e. The molecule has 1 aliphatic carbocycles. The predicted octanol–water partition coefficient (Wildman–Crippen LogP) is 3.89. The van der Waals surface area contributed by atoms with Gasteiger partial charge in [-0.05, 0) is 43.7 Å². The Morgan fingerprint density at radius 1 is 1.12 bits per heavy atom. The van der Waals surface area contributed by atoms with Crippen LogP contribution in [0.2, 0.25) is 0 Å². The van der Waals surface area contributed by atoms with Gasteiger partial charge >= 0.3 is 0 Å². The predicted molar refractivity (Wildman–Crippen MR) is 99.1 cm³/mol. The monoisotopic (exact) mass is 353 g/mol. The van der Waals surface area contributed by atoms with Crippen LogP contribution < -0.4 is 0 Å². The van der Waals surface area contributed by atoms with E-state index in [-0.39, 0.29) is 11.9 Å². The number of piperidine rings is 1. The molecule has 0 spiro atoms. The van der Waals surface area contributed by atoms with Crippen LogP contribution in [0.5, 0.6) is 0 Å². The maximum Gasteiger partial charge on any atom is 0.223 e. The molecule has 1 atom stereocenters. The number of carbonyl (C=O) groups is 1. The third-order valence-electron chi connectivity index (χ3n) is 5.82. The second kappa shape index (κ2) is 7.98. The SMILES string of the molecule is O=C(CCC1CCCC1)N1CCCCC1c1nc(-c2ccncc2)n[nH]1. The average Bonchev–Trinajstić information content (AvgIpc) is 3.39. The molecule has 1 amide bonds. The molecule has 1 aliphatic heterocycles. The van der Waals surface area contributed by atoms with Gasteiger partial charge in [0.1, 0.15) is 5.82 Å². The maximum absolute atomic E-state index is 12.9. The topological polar surface area (TPSA) is 74.8 Å². The van der Waals surface area contributed by atoms with Crippen molar-refractivity contribution >= 4 is 5.91 Å². The normalized spacial score (nSPS) is 21.2. The first-order valence-electron chi connectivity index (χ1n) is 9.93. The van der Waals surface area contributed by atoms with E-state index in [4.69, 9.17) is 0 Å². The zero-order valence-corrected chi connectivity index (χ0v) is 15.2. The highest BCUT2D eigenvalue weighted by Crippen LogP contribution is 2.32. The summed E-state index contributed by atoms with van der Waals surface area (Å²) in [5.41, 5.74) is 0.942. The van der Waals surface area contributed by atoms with Crippen LogP contribution in [0.1, 0.15) is 69.7 Å². The first-order valence-corrected chi connectivity index (χ1v) is 9.93. The molecule has 1 saturated carbocycles. The van der Waals surface area contributed by atoms with Crippen LogP contribution >= 0.6 is 0 Å². The Balaban J connectivity index is 1.45. The summed E-state index contributed by atoms with van der Waals surface area (Å²) in [6.07, 6.45) is 13.6. The van der Waals surface area contributed by atoms with E-state index in [1.165, 1.54) is 25.7 Å². The van der Waals surface area contributed by atoms with Crippen LogP contribution in [0.4, 0.5) is 0 Å². The number of hydrogen-bond acceptors (Lipinski definition) is 4. The number of H-pyrrole nitrogens is 1. The summed E-state index contributed by atoms with van der Waals surface area (Å²) in [5, 5.41) is 7.44. The van der Waals surface area contributed by atoms with E-state index in [2.05, 4.69) is 20.2 Å². The lowest BCUT2D eigenvalue weighted by Crippen LogP contribution is -2.39. The minimum atomic E-state index is 0.0305. The lowest BCUT2D eigenvalue weighted by atomic mass is 9.98. The number of likely N-dealkylation sites (tertiary alicyclic amines) is 1. The number of rotatable bonds is 5. The molecule has 6 nitrogen and oxygen atoms in total. The Morgan fingerprint density at radius 3 is 2.69 bits per heavy atom. The van der Waals surface area contributed by atoms with Crippen molar-refractivity contribution < 1.29 is 4.79 Å². The Kier molecular flexibility index (Phi) is 5.27. The van der Waals surface area contributed by atoms with Crippen LogP contribution in [0, 0.1) is 5.92 Å². The van der Waals surface area contributed by atoms with Gasteiger partial charge in [0, 0.05) is 30.9 Å². The van der Waals surface area contributed by atoms with Crippen LogP contribution in [-0.2, 0) is 4.79 Å². The van der Waals surface area contributed by atoms with Gasteiger partial charge in [-0.25, -0.2) is 4.98 Å². The molecule has 1 saturated heterocycles. The van der Waals surface area contributed by atoms with E-state index in [9.17, 15) is 4.79 Å². The first-order chi connectivity index (χ1) is 12.8. The fraction of sp³-hybridized carbons (Fsp3) is 0.600. The third-order valence-corrected chi connectivity index (χ3v) is 5.82. The third kappa shape index (κ3) is 3.79. The van der Waals surface area contributed by atoms with Crippen molar-refractivity contribution in [3.8, 4) is 11.4 Å². The highest BCUT2D eigenvalue weighted by Gasteiger charge is 2.30. The zero-order valence-electron chi connectivity index (χ0n) is 15.2. The highest BCUT2D eigenvalue weighted by molar-refractivity contribution is 5.76. The lowest BCUT2D eigenvalue weighted by Gasteiger charge is -2.34. The summed E-state index contributed by atoms with van der Waals surface area (Å²) in [5.74, 6) is 2.52. The summed E-state index contributed by atoms with van der Waals surface area (Å²) in [4.78, 5) is 23.6. The van der Waals surface area contributed by atoms with E-state index in [1.807, 2.05) is 17.0 Å². The van der Waals surface area contributed by atoms with Gasteiger partial charge in [-0.1, -0.05) is 25.7 Å². The van der Waals surface area contributed by atoms with Gasteiger partial charge in [-0.2, -0.15) is 5.10 Å². The minimum absolute atomic E-state index is 0.0305. The Bertz CT molecular complexity index is 723. The highest BCUT2D eigenvalue weighted by atomic mass is 16.2. The zero-order chi connectivity index (χ0) is 17.8. The van der Waals surface area contributed by atoms with Crippen LogP contribution in [0.15, 0.2) is 24.5 Å². The number of pyridine rings is 1. The molecule has 0 aromatic carbocycles. The van der Waals surface area contributed by atoms with Gasteiger partial charge in [-0.15, -0.1) is 0 Å². The van der Waals surface area contributed by atoms with Gasteiger partial charge in [0.15, 0.2) is 5.82 Å². The van der Waals surface area contributed by atoms with E-state index >= 15 is 0 Å². The quantitative estimate of drug-likeness (QED) is 0.885. The van der Waals surface area contributed by atoms with Gasteiger partial charge in [0.05, 0.1) is 6.04 Å². The molecule has 2 aromatic heterocycles. The smallest absolute Gasteiger partial charge is 0.223 e. The molecule has 26 heavy (non-hydrogen) atoms. The number of nitrogens with zero attached hydrogens (tertiary/aromatic N) is 4. The summed E-state index contributed by atoms with van der Waals surface area (Å²) < 4.78 is 0. The standard InChI is InChI=1S/C20H27N5O/c26-18(9-8-15-5-1-2-6-15)25-14-4-3-7-17(25)20-22-19(23-24-20)16-10-12-21-13-11-16/h10-13,15,17H,1-9,14H2,(H,22,23,24). The van der Waals surface area contributed by atoms with Gasteiger partial charge in [0.25, 0.3) is 0 Å². The molecule has 2 aromatic rings. The number of nitrogens with one attached hydrogen (secondary N) is 1. The van der Waals surface area contributed by atoms with Crippen molar-refractivity contribution in [3.05, 3.63) is 30.4 Å². The lowest BCUT2D eigenvalue weighted by molar-refractivity contribution is -0.135. The summed E-state index contributed by atoms with van der Waals surface area (Å²) in [7, 11) is 0. The fourth-order valence-electron chi connectivity index (χ4n) is 4.34. The molecule has 6 heteroatoms. The Labute approximate surface area is 154 Å². The van der Waals surface area contributed by atoms with Crippen LogP contribution in [0.3, 0.4) is 0 Å². The van der Waals surface area contributed by atoms with Crippen LogP contribution in [-0.4, -0.2) is 37.5 Å². The van der Waals surface area contributed by atoms with Crippen molar-refractivity contribution in [2.75, 3.05) is 6.54 Å². The molecule has 4 rings (SSSR count). The first kappa shape index (κ1) is 17.2. The van der Waals surface area contributed by atoms with Crippen molar-refractivity contribution in [1.29, 1.82) is 0 Å². The summed E-state index contributed by atoms with van der Waals surface area (Å²) in [6.45, 7) is 0.833. The fourth-order valence-corrected chi connectivity index (χ4v) is 4.34. The van der Waals surface area contributed by atoms with Crippen LogP contribution in [0.25, 0.3) is 11.4 Å². The van der Waals surface area contributed by atoms with Crippen molar-refractivity contribution in [1.82, 2.24) is 25.1 Å². The molecule has 0 bridgehead atoms. The van der Waals surface area contributed by atoms with E-state index in [0.717, 1.165) is 49.5 Å². The maximum atomic E-state index is 12.9. The molecule has 1 unspecified atom stereocenters. The summed E-state index contributed by atoms with van der Waals surface area (Å²) >= 11 is 0. The Morgan fingerprint density at radius 2 is 1.88 bits per heavy atom. The number of amides is 1. The molecule has 2 fully saturated rings. The second-order valence-electron chi connectivity index (χ2n) is 7.57. The molecule has 1 N–H and O–H groups in total. The number of aromatic amines is 1. The average molecular weight is 353 g/mol. The minimum Gasteiger partial charge on any atom is -0.332 e. The van der Waals surface area contributed by atoms with E-state index in [1.54, 1.807) is 12.4 Å². The van der Waals surface area contributed by atoms with Gasteiger partial charge in [0.2, 0.25) is 5.91 Å². The Hall–Kier alpha value is -2.24. The van der Waals surface area contributed by atoms with E-state index in [0.29, 0.717) is 12.2 Å². The van der Waals surface area contributed by atoms with Gasteiger partial charge in [-0.3, -0.25) is 14.9 Å². The molecule has 138 valence electrons. The molecule has 3 heterocycles. The van der Waals surface area contributed by atoms with E-state index < -0.39 is 0 Å². The second-order valence-corrected chi connectivity index (χ2v) is 7.57. The van der Waals surface area contributed by atoms with Gasteiger partial charge < -0.3 is 4.90 Å². The number of aromatic nitrogens is 4. The summed E-state index contributed by atoms with van der Waals surface area (Å²) in [6, 6.07) is 3.83. The van der Waals surface area contributed by atoms with Crippen molar-refractivity contribution in [3.63, 3.8) is 0 Å². The number of carbonyl (C=O) groups excluding carboxylic acids is 1. The van der Waals surface area contributed by atoms with Crippen molar-refractivity contribution in [2.24, 2.45) is 5.92 Å². The molecular weight excluding hydrogens is 326 g/mol. The van der Waals surface area contributed by atoms with Crippen molar-refractivity contribution in [2.45, 2.75) is 63.8 Å². The molecular formula is C20H27N5O.